The summed E-state index contributed by atoms with van der Waals surface area (Å²) in [6.07, 6.45) is 2.24. The summed E-state index contributed by atoms with van der Waals surface area (Å²) in [7, 11) is 0. The van der Waals surface area contributed by atoms with Crippen molar-refractivity contribution in [1.82, 2.24) is 0 Å². The molecule has 0 N–H and O–H groups in total. The molecule has 88 valence electrons. The van der Waals surface area contributed by atoms with Gasteiger partial charge >= 0.3 is 5.63 Å². The molecule has 3 rings (SSSR count). The molecule has 1 aromatic heterocycles. The van der Waals surface area contributed by atoms with Gasteiger partial charge in [-0.3, -0.25) is 0 Å². The van der Waals surface area contributed by atoms with Crippen LogP contribution in [0.25, 0.3) is 21.7 Å². The van der Waals surface area contributed by atoms with E-state index < -0.39 is 0 Å². The van der Waals surface area contributed by atoms with Gasteiger partial charge in [0.25, 0.3) is 0 Å². The van der Waals surface area contributed by atoms with Crippen molar-refractivity contribution >= 4 is 21.7 Å². The Kier molecular flexibility index (Phi) is 2.49. The highest BCUT2D eigenvalue weighted by molar-refractivity contribution is 6.05. The van der Waals surface area contributed by atoms with Gasteiger partial charge in [-0.25, -0.2) is 4.79 Å². The summed E-state index contributed by atoms with van der Waals surface area (Å²) < 4.78 is 5.35. The predicted molar refractivity (Wildman–Crippen MR) is 73.9 cm³/mol. The van der Waals surface area contributed by atoms with Crippen molar-refractivity contribution in [3.05, 3.63) is 71.1 Å². The highest BCUT2D eigenvalue weighted by Gasteiger charge is 2.06. The van der Waals surface area contributed by atoms with Gasteiger partial charge in [-0.15, -0.1) is 6.58 Å². The zero-order valence-corrected chi connectivity index (χ0v) is 9.85. The van der Waals surface area contributed by atoms with Crippen LogP contribution >= 0.6 is 0 Å². The molecule has 0 fully saturated rings. The molecular weight excluding hydrogens is 224 g/mol. The van der Waals surface area contributed by atoms with Crippen molar-refractivity contribution < 1.29 is 4.42 Å². The second-order valence-electron chi connectivity index (χ2n) is 4.25. The zero-order chi connectivity index (χ0) is 12.5. The molecule has 3 aromatic rings. The maximum Gasteiger partial charge on any atom is 0.339 e. The van der Waals surface area contributed by atoms with Crippen LogP contribution in [0.3, 0.4) is 0 Å². The lowest BCUT2D eigenvalue weighted by molar-refractivity contribution is 0.553. The van der Waals surface area contributed by atoms with Gasteiger partial charge < -0.3 is 4.42 Å². The first kappa shape index (κ1) is 10.8. The van der Waals surface area contributed by atoms with Crippen molar-refractivity contribution in [2.45, 2.75) is 6.42 Å². The molecule has 18 heavy (non-hydrogen) atoms. The molecular formula is C16H12O2. The zero-order valence-electron chi connectivity index (χ0n) is 9.85. The van der Waals surface area contributed by atoms with Crippen molar-refractivity contribution in [3.8, 4) is 0 Å². The number of allylic oxidation sites excluding steroid dienone is 1. The molecule has 0 radical (unpaired) electrons. The van der Waals surface area contributed by atoms with E-state index in [2.05, 4.69) is 6.58 Å². The Hall–Kier alpha value is -2.35. The van der Waals surface area contributed by atoms with Crippen molar-refractivity contribution in [2.24, 2.45) is 0 Å². The van der Waals surface area contributed by atoms with Gasteiger partial charge in [0.1, 0.15) is 5.58 Å². The van der Waals surface area contributed by atoms with Gasteiger partial charge in [-0.1, -0.05) is 36.4 Å². The normalized spacial score (nSPS) is 10.9. The summed E-state index contributed by atoms with van der Waals surface area (Å²) in [5.74, 6) is 0. The maximum atomic E-state index is 11.7. The van der Waals surface area contributed by atoms with Crippen LogP contribution in [0.15, 0.2) is 64.3 Å². The molecule has 2 aromatic carbocycles. The maximum absolute atomic E-state index is 11.7. The SMILES string of the molecule is C=CCc1cc2c(ccc3ccccc32)oc1=O. The van der Waals surface area contributed by atoms with Gasteiger partial charge in [0, 0.05) is 10.9 Å². The third-order valence-electron chi connectivity index (χ3n) is 3.08. The van der Waals surface area contributed by atoms with Crippen LogP contribution < -0.4 is 5.63 Å². The van der Waals surface area contributed by atoms with Crippen LogP contribution in [0.2, 0.25) is 0 Å². The van der Waals surface area contributed by atoms with E-state index in [4.69, 9.17) is 4.42 Å². The van der Waals surface area contributed by atoms with E-state index in [1.54, 1.807) is 6.08 Å². The molecule has 0 atom stereocenters. The van der Waals surface area contributed by atoms with Crippen molar-refractivity contribution in [2.75, 3.05) is 0 Å². The summed E-state index contributed by atoms with van der Waals surface area (Å²) >= 11 is 0. The molecule has 0 bridgehead atoms. The van der Waals surface area contributed by atoms with Crippen LogP contribution in [0.1, 0.15) is 5.56 Å². The monoisotopic (exact) mass is 236 g/mol. The van der Waals surface area contributed by atoms with E-state index in [-0.39, 0.29) is 5.63 Å². The Morgan fingerprint density at radius 3 is 2.78 bits per heavy atom. The second kappa shape index (κ2) is 4.15. The largest absolute Gasteiger partial charge is 0.422 e. The van der Waals surface area contributed by atoms with Crippen LogP contribution in [-0.4, -0.2) is 0 Å². The average Bonchev–Trinajstić information content (AvgIpc) is 2.40. The predicted octanol–water partition coefficient (Wildman–Crippen LogP) is 3.67. The lowest BCUT2D eigenvalue weighted by atomic mass is 10.0. The van der Waals surface area contributed by atoms with E-state index in [1.807, 2.05) is 42.5 Å². The second-order valence-corrected chi connectivity index (χ2v) is 4.25. The van der Waals surface area contributed by atoms with Gasteiger partial charge in [0.2, 0.25) is 0 Å². The minimum absolute atomic E-state index is 0.280. The van der Waals surface area contributed by atoms with Crippen LogP contribution in [0.4, 0.5) is 0 Å². The Balaban J connectivity index is 2.45. The number of benzene rings is 2. The minimum Gasteiger partial charge on any atom is -0.422 e. The van der Waals surface area contributed by atoms with Gasteiger partial charge in [0.05, 0.1) is 0 Å². The molecule has 2 nitrogen and oxygen atoms in total. The number of rotatable bonds is 2. The smallest absolute Gasteiger partial charge is 0.339 e. The Bertz CT molecular complexity index is 797. The Morgan fingerprint density at radius 2 is 1.94 bits per heavy atom. The lowest BCUT2D eigenvalue weighted by Gasteiger charge is -2.04. The van der Waals surface area contributed by atoms with Crippen LogP contribution in [0.5, 0.6) is 0 Å². The van der Waals surface area contributed by atoms with E-state index >= 15 is 0 Å². The molecule has 0 aliphatic carbocycles. The molecule has 0 amide bonds. The Morgan fingerprint density at radius 1 is 1.11 bits per heavy atom. The molecule has 0 aliphatic heterocycles. The van der Waals surface area contributed by atoms with Gasteiger partial charge in [-0.2, -0.15) is 0 Å². The number of fused-ring (bicyclic) bond motifs is 3. The highest BCUT2D eigenvalue weighted by Crippen LogP contribution is 2.24. The first-order valence-corrected chi connectivity index (χ1v) is 5.85. The van der Waals surface area contributed by atoms with E-state index in [0.717, 1.165) is 16.2 Å². The van der Waals surface area contributed by atoms with Crippen LogP contribution in [-0.2, 0) is 6.42 Å². The van der Waals surface area contributed by atoms with E-state index in [9.17, 15) is 4.79 Å². The molecule has 0 saturated carbocycles. The first-order valence-electron chi connectivity index (χ1n) is 5.85. The average molecular weight is 236 g/mol. The fourth-order valence-corrected chi connectivity index (χ4v) is 2.21. The quantitative estimate of drug-likeness (QED) is 0.386. The molecule has 2 heteroatoms. The number of hydrogen-bond donors (Lipinski definition) is 0. The molecule has 0 saturated heterocycles. The van der Waals surface area contributed by atoms with Gasteiger partial charge in [0.15, 0.2) is 0 Å². The van der Waals surface area contributed by atoms with Crippen molar-refractivity contribution in [3.63, 3.8) is 0 Å². The summed E-state index contributed by atoms with van der Waals surface area (Å²) in [5, 5.41) is 3.22. The summed E-state index contributed by atoms with van der Waals surface area (Å²) in [5.41, 5.74) is 0.998. The van der Waals surface area contributed by atoms with Gasteiger partial charge in [-0.05, 0) is 29.3 Å². The molecule has 1 heterocycles. The summed E-state index contributed by atoms with van der Waals surface area (Å²) in [6, 6.07) is 13.8. The van der Waals surface area contributed by atoms with Crippen molar-refractivity contribution in [1.29, 1.82) is 0 Å². The third-order valence-corrected chi connectivity index (χ3v) is 3.08. The van der Waals surface area contributed by atoms with E-state index in [0.29, 0.717) is 17.6 Å². The fourth-order valence-electron chi connectivity index (χ4n) is 2.21. The Labute approximate surface area is 104 Å². The standard InChI is InChI=1S/C16H12O2/c1-2-5-12-10-14-13-7-4-3-6-11(13)8-9-15(14)18-16(12)17/h2-4,6-10H,1,5H2. The molecule has 0 unspecified atom stereocenters. The lowest BCUT2D eigenvalue weighted by Crippen LogP contribution is -2.05. The third kappa shape index (κ3) is 1.63. The van der Waals surface area contributed by atoms with Crippen LogP contribution in [0, 0.1) is 0 Å². The first-order chi connectivity index (χ1) is 8.79. The number of hydrogen-bond acceptors (Lipinski definition) is 2. The molecule has 0 aliphatic rings. The minimum atomic E-state index is -0.280. The summed E-state index contributed by atoms with van der Waals surface area (Å²) in [4.78, 5) is 11.7. The topological polar surface area (TPSA) is 30.2 Å². The fraction of sp³-hybridized carbons (Fsp3) is 0.0625. The van der Waals surface area contributed by atoms with E-state index in [1.165, 1.54) is 0 Å². The highest BCUT2D eigenvalue weighted by atomic mass is 16.4. The molecule has 0 spiro atoms. The summed E-state index contributed by atoms with van der Waals surface area (Å²) in [6.45, 7) is 3.66.